The molecule has 2 amide bonds. The van der Waals surface area contributed by atoms with Crippen molar-refractivity contribution in [3.63, 3.8) is 0 Å². The second kappa shape index (κ2) is 9.14. The lowest BCUT2D eigenvalue weighted by molar-refractivity contribution is -0.130. The Morgan fingerprint density at radius 3 is 2.61 bits per heavy atom. The van der Waals surface area contributed by atoms with Crippen LogP contribution < -0.4 is 15.4 Å². The molecule has 0 saturated heterocycles. The fraction of sp³-hybridized carbons (Fsp3) is 0.400. The number of rotatable bonds is 7. The molecule has 0 heterocycles. The van der Waals surface area contributed by atoms with Gasteiger partial charge in [0.15, 0.2) is 6.61 Å². The van der Waals surface area contributed by atoms with Crippen molar-refractivity contribution in [2.75, 3.05) is 20.3 Å². The second-order valence-electron chi connectivity index (χ2n) is 4.61. The molecule has 0 bridgehead atoms. The summed E-state index contributed by atoms with van der Waals surface area (Å²) >= 11 is 3.23. The van der Waals surface area contributed by atoms with Crippen molar-refractivity contribution >= 4 is 33.7 Å². The first-order valence-electron chi connectivity index (χ1n) is 6.96. The SMILES string of the molecule is CCNC(=O)[C@H](C)NC(=O)COC(=O)c1cc(OC)ccc1Br. The number of amides is 2. The van der Waals surface area contributed by atoms with Crippen LogP contribution >= 0.6 is 15.9 Å². The molecule has 2 N–H and O–H groups in total. The van der Waals surface area contributed by atoms with E-state index in [1.165, 1.54) is 13.2 Å². The van der Waals surface area contributed by atoms with E-state index in [1.807, 2.05) is 0 Å². The Morgan fingerprint density at radius 1 is 1.30 bits per heavy atom. The van der Waals surface area contributed by atoms with Crippen LogP contribution in [0.5, 0.6) is 5.75 Å². The van der Waals surface area contributed by atoms with Gasteiger partial charge in [-0.3, -0.25) is 9.59 Å². The smallest absolute Gasteiger partial charge is 0.339 e. The van der Waals surface area contributed by atoms with E-state index in [-0.39, 0.29) is 11.5 Å². The van der Waals surface area contributed by atoms with Crippen molar-refractivity contribution < 1.29 is 23.9 Å². The van der Waals surface area contributed by atoms with E-state index in [0.717, 1.165) is 0 Å². The van der Waals surface area contributed by atoms with E-state index in [9.17, 15) is 14.4 Å². The summed E-state index contributed by atoms with van der Waals surface area (Å²) in [5, 5.41) is 5.02. The zero-order valence-electron chi connectivity index (χ0n) is 13.1. The zero-order valence-corrected chi connectivity index (χ0v) is 14.7. The number of carbonyl (C=O) groups is 3. The van der Waals surface area contributed by atoms with Gasteiger partial charge in [0.25, 0.3) is 5.91 Å². The molecule has 0 unspecified atom stereocenters. The Morgan fingerprint density at radius 2 is 2.00 bits per heavy atom. The fourth-order valence-corrected chi connectivity index (χ4v) is 2.08. The summed E-state index contributed by atoms with van der Waals surface area (Å²) in [5.74, 6) is -1.04. The Bertz CT molecular complexity index is 591. The van der Waals surface area contributed by atoms with Crippen LogP contribution in [-0.4, -0.2) is 44.1 Å². The van der Waals surface area contributed by atoms with E-state index in [2.05, 4.69) is 26.6 Å². The molecule has 0 saturated carbocycles. The van der Waals surface area contributed by atoms with E-state index >= 15 is 0 Å². The summed E-state index contributed by atoms with van der Waals surface area (Å²) in [5.41, 5.74) is 0.244. The van der Waals surface area contributed by atoms with Crippen molar-refractivity contribution in [1.29, 1.82) is 0 Å². The van der Waals surface area contributed by atoms with E-state index in [4.69, 9.17) is 9.47 Å². The van der Waals surface area contributed by atoms with Gasteiger partial charge >= 0.3 is 5.97 Å². The summed E-state index contributed by atoms with van der Waals surface area (Å²) in [4.78, 5) is 35.2. The summed E-state index contributed by atoms with van der Waals surface area (Å²) < 4.78 is 10.5. The number of hydrogen-bond donors (Lipinski definition) is 2. The highest BCUT2D eigenvalue weighted by atomic mass is 79.9. The highest BCUT2D eigenvalue weighted by Crippen LogP contribution is 2.23. The molecule has 1 atom stereocenters. The monoisotopic (exact) mass is 386 g/mol. The van der Waals surface area contributed by atoms with Gasteiger partial charge in [-0.15, -0.1) is 0 Å². The molecule has 0 spiro atoms. The standard InChI is InChI=1S/C15H19BrN2O5/c1-4-17-14(20)9(2)18-13(19)8-23-15(21)11-7-10(22-3)5-6-12(11)16/h5-7,9H,4,8H2,1-3H3,(H,17,20)(H,18,19)/t9-/m0/s1. The topological polar surface area (TPSA) is 93.7 Å². The predicted octanol–water partition coefficient (Wildman–Crippen LogP) is 1.26. The van der Waals surface area contributed by atoms with Gasteiger partial charge in [-0.2, -0.15) is 0 Å². The number of halogens is 1. The maximum absolute atomic E-state index is 12.0. The zero-order chi connectivity index (χ0) is 17.4. The highest BCUT2D eigenvalue weighted by Gasteiger charge is 2.18. The molecule has 1 aromatic rings. The molecular formula is C15H19BrN2O5. The van der Waals surface area contributed by atoms with Crippen LogP contribution in [0.3, 0.4) is 0 Å². The summed E-state index contributed by atoms with van der Waals surface area (Å²) in [6, 6.07) is 4.13. The average Bonchev–Trinajstić information content (AvgIpc) is 2.53. The van der Waals surface area contributed by atoms with Gasteiger partial charge in [0.05, 0.1) is 12.7 Å². The predicted molar refractivity (Wildman–Crippen MR) is 87.3 cm³/mol. The lowest BCUT2D eigenvalue weighted by Crippen LogP contribution is -2.46. The maximum Gasteiger partial charge on any atom is 0.339 e. The molecule has 0 radical (unpaired) electrons. The van der Waals surface area contributed by atoms with E-state index in [0.29, 0.717) is 16.8 Å². The number of benzene rings is 1. The third-order valence-corrected chi connectivity index (χ3v) is 3.54. The van der Waals surface area contributed by atoms with E-state index < -0.39 is 24.5 Å². The molecule has 8 heteroatoms. The van der Waals surface area contributed by atoms with Crippen molar-refractivity contribution in [2.24, 2.45) is 0 Å². The molecule has 0 fully saturated rings. The van der Waals surface area contributed by atoms with Gasteiger partial charge in [-0.1, -0.05) is 0 Å². The normalized spacial score (nSPS) is 11.3. The van der Waals surface area contributed by atoms with Crippen LogP contribution in [0.2, 0.25) is 0 Å². The number of hydrogen-bond acceptors (Lipinski definition) is 5. The highest BCUT2D eigenvalue weighted by molar-refractivity contribution is 9.10. The molecule has 0 aromatic heterocycles. The second-order valence-corrected chi connectivity index (χ2v) is 5.46. The number of methoxy groups -OCH3 is 1. The minimum absolute atomic E-state index is 0.244. The van der Waals surface area contributed by atoms with Crippen LogP contribution in [0, 0.1) is 0 Å². The fourth-order valence-electron chi connectivity index (χ4n) is 1.67. The Labute approximate surface area is 142 Å². The molecule has 0 aliphatic rings. The van der Waals surface area contributed by atoms with Crippen molar-refractivity contribution in [2.45, 2.75) is 19.9 Å². The summed E-state index contributed by atoms with van der Waals surface area (Å²) in [6.45, 7) is 3.31. The van der Waals surface area contributed by atoms with Gasteiger partial charge in [0.2, 0.25) is 5.91 Å². The lowest BCUT2D eigenvalue weighted by Gasteiger charge is -2.13. The minimum atomic E-state index is -0.704. The number of carbonyl (C=O) groups excluding carboxylic acids is 3. The van der Waals surface area contributed by atoms with Crippen LogP contribution in [0.25, 0.3) is 0 Å². The van der Waals surface area contributed by atoms with Crippen molar-refractivity contribution in [1.82, 2.24) is 10.6 Å². The third-order valence-electron chi connectivity index (χ3n) is 2.85. The Hall–Kier alpha value is -2.09. The number of likely N-dealkylation sites (N-methyl/N-ethyl adjacent to an activating group) is 1. The van der Waals surface area contributed by atoms with Crippen LogP contribution in [0.1, 0.15) is 24.2 Å². The molecule has 0 aliphatic carbocycles. The minimum Gasteiger partial charge on any atom is -0.497 e. The third kappa shape index (κ3) is 5.90. The molecule has 23 heavy (non-hydrogen) atoms. The number of nitrogens with one attached hydrogen (secondary N) is 2. The molecule has 0 aliphatic heterocycles. The largest absolute Gasteiger partial charge is 0.497 e. The Balaban J connectivity index is 2.56. The quantitative estimate of drug-likeness (QED) is 0.687. The Kier molecular flexibility index (Phi) is 7.53. The molecule has 1 rings (SSSR count). The summed E-state index contributed by atoms with van der Waals surface area (Å²) in [6.07, 6.45) is 0. The van der Waals surface area contributed by atoms with Gasteiger partial charge < -0.3 is 20.1 Å². The van der Waals surface area contributed by atoms with Crippen molar-refractivity contribution in [3.05, 3.63) is 28.2 Å². The van der Waals surface area contributed by atoms with Crippen molar-refractivity contribution in [3.8, 4) is 5.75 Å². The van der Waals surface area contributed by atoms with Gasteiger partial charge in [0.1, 0.15) is 11.8 Å². The maximum atomic E-state index is 12.0. The van der Waals surface area contributed by atoms with Gasteiger partial charge in [0, 0.05) is 11.0 Å². The van der Waals surface area contributed by atoms with Gasteiger partial charge in [-0.25, -0.2) is 4.79 Å². The van der Waals surface area contributed by atoms with Crippen LogP contribution in [0.4, 0.5) is 0 Å². The molecular weight excluding hydrogens is 368 g/mol. The van der Waals surface area contributed by atoms with Crippen LogP contribution in [0.15, 0.2) is 22.7 Å². The number of ether oxygens (including phenoxy) is 2. The number of esters is 1. The van der Waals surface area contributed by atoms with Crippen LogP contribution in [-0.2, 0) is 14.3 Å². The first-order valence-corrected chi connectivity index (χ1v) is 7.76. The molecule has 7 nitrogen and oxygen atoms in total. The first kappa shape index (κ1) is 19.0. The lowest BCUT2D eigenvalue weighted by atomic mass is 10.2. The molecule has 1 aromatic carbocycles. The average molecular weight is 387 g/mol. The summed E-state index contributed by atoms with van der Waals surface area (Å²) in [7, 11) is 1.48. The van der Waals surface area contributed by atoms with E-state index in [1.54, 1.807) is 26.0 Å². The van der Waals surface area contributed by atoms with Gasteiger partial charge in [-0.05, 0) is 48.0 Å². The first-order chi connectivity index (χ1) is 10.9. The molecule has 126 valence electrons.